The van der Waals surface area contributed by atoms with Crippen LogP contribution in [-0.2, 0) is 9.47 Å². The molecule has 0 radical (unpaired) electrons. The smallest absolute Gasteiger partial charge is 0.183 e. The molecule has 2 aliphatic carbocycles. The number of aliphatic hydroxyl groups is 1. The van der Waals surface area contributed by atoms with Gasteiger partial charge in [-0.2, -0.15) is 0 Å². The molecule has 1 saturated heterocycles. The highest BCUT2D eigenvalue weighted by atomic mass is 16.7. The van der Waals surface area contributed by atoms with Crippen LogP contribution in [0.1, 0.15) is 46.0 Å². The van der Waals surface area contributed by atoms with Crippen LogP contribution in [0.15, 0.2) is 35.5 Å². The van der Waals surface area contributed by atoms with Gasteiger partial charge in [0.1, 0.15) is 0 Å². The summed E-state index contributed by atoms with van der Waals surface area (Å²) in [5, 5.41) is 10.7. The van der Waals surface area contributed by atoms with Crippen molar-refractivity contribution in [2.24, 2.45) is 0 Å². The fraction of sp³-hybridized carbons (Fsp3) is 0.647. The minimum Gasteiger partial charge on any atom is -0.385 e. The van der Waals surface area contributed by atoms with Gasteiger partial charge in [0.2, 0.25) is 0 Å². The standard InChI is InChI=1S/C15H20O3.C2H6/c16-15(7-3-4-8-15)13-6-2-1-5-12(11-13)14-17-9-10-18-14;1-2/h2,5-6,11,14,16H,1,3-4,7-10H2;1-2H3. The van der Waals surface area contributed by atoms with Crippen LogP contribution in [0.2, 0.25) is 0 Å². The molecular weight excluding hydrogens is 252 g/mol. The average Bonchev–Trinajstić information content (AvgIpc) is 3.09. The molecule has 1 heterocycles. The summed E-state index contributed by atoms with van der Waals surface area (Å²) in [5.74, 6) is 0. The lowest BCUT2D eigenvalue weighted by Gasteiger charge is -2.24. The highest BCUT2D eigenvalue weighted by Gasteiger charge is 2.34. The first kappa shape index (κ1) is 15.5. The van der Waals surface area contributed by atoms with E-state index in [-0.39, 0.29) is 6.29 Å². The topological polar surface area (TPSA) is 38.7 Å². The molecule has 3 heteroatoms. The van der Waals surface area contributed by atoms with Gasteiger partial charge < -0.3 is 14.6 Å². The molecule has 1 saturated carbocycles. The van der Waals surface area contributed by atoms with Crippen molar-refractivity contribution in [3.8, 4) is 0 Å². The molecule has 3 aliphatic rings. The molecule has 0 unspecified atom stereocenters. The van der Waals surface area contributed by atoms with Crippen molar-refractivity contribution in [3.05, 3.63) is 35.5 Å². The van der Waals surface area contributed by atoms with Crippen molar-refractivity contribution >= 4 is 0 Å². The molecule has 0 aromatic carbocycles. The summed E-state index contributed by atoms with van der Waals surface area (Å²) in [6, 6.07) is 0. The molecule has 2 fully saturated rings. The monoisotopic (exact) mass is 278 g/mol. The molecule has 0 aromatic heterocycles. The van der Waals surface area contributed by atoms with Crippen LogP contribution >= 0.6 is 0 Å². The quantitative estimate of drug-likeness (QED) is 0.840. The fourth-order valence-corrected chi connectivity index (χ4v) is 2.94. The number of hydrogen-bond donors (Lipinski definition) is 1. The first-order chi connectivity index (χ1) is 9.78. The van der Waals surface area contributed by atoms with E-state index in [2.05, 4.69) is 24.3 Å². The van der Waals surface area contributed by atoms with Gasteiger partial charge in [-0.3, -0.25) is 0 Å². The van der Waals surface area contributed by atoms with E-state index in [1.54, 1.807) is 0 Å². The third-order valence-electron chi connectivity index (χ3n) is 3.97. The summed E-state index contributed by atoms with van der Waals surface area (Å²) in [7, 11) is 0. The van der Waals surface area contributed by atoms with E-state index in [1.807, 2.05) is 13.8 Å². The molecule has 0 atom stereocenters. The summed E-state index contributed by atoms with van der Waals surface area (Å²) in [6.45, 7) is 5.31. The van der Waals surface area contributed by atoms with Gasteiger partial charge >= 0.3 is 0 Å². The minimum absolute atomic E-state index is 0.245. The van der Waals surface area contributed by atoms with Crippen LogP contribution in [-0.4, -0.2) is 30.2 Å². The van der Waals surface area contributed by atoms with Gasteiger partial charge in [-0.05, 0) is 30.9 Å². The van der Waals surface area contributed by atoms with Gasteiger partial charge in [0.05, 0.1) is 18.8 Å². The molecule has 3 nitrogen and oxygen atoms in total. The maximum atomic E-state index is 10.7. The molecule has 1 N–H and O–H groups in total. The van der Waals surface area contributed by atoms with Gasteiger partial charge in [-0.25, -0.2) is 0 Å². The maximum absolute atomic E-state index is 10.7. The van der Waals surface area contributed by atoms with Crippen molar-refractivity contribution in [2.45, 2.75) is 57.8 Å². The molecule has 0 amide bonds. The van der Waals surface area contributed by atoms with Gasteiger partial charge in [0, 0.05) is 5.57 Å². The molecule has 0 bridgehead atoms. The van der Waals surface area contributed by atoms with Gasteiger partial charge in [-0.1, -0.05) is 44.9 Å². The van der Waals surface area contributed by atoms with E-state index in [9.17, 15) is 5.11 Å². The van der Waals surface area contributed by atoms with Crippen molar-refractivity contribution in [2.75, 3.05) is 13.2 Å². The number of rotatable bonds is 2. The minimum atomic E-state index is -0.640. The fourth-order valence-electron chi connectivity index (χ4n) is 2.94. The Labute approximate surface area is 122 Å². The van der Waals surface area contributed by atoms with E-state index in [4.69, 9.17) is 9.47 Å². The average molecular weight is 278 g/mol. The van der Waals surface area contributed by atoms with E-state index < -0.39 is 5.60 Å². The summed E-state index contributed by atoms with van der Waals surface area (Å²) in [5.41, 5.74) is 1.43. The van der Waals surface area contributed by atoms with Crippen LogP contribution in [0, 0.1) is 0 Å². The Bertz CT molecular complexity index is 394. The molecule has 0 aromatic rings. The molecule has 20 heavy (non-hydrogen) atoms. The lowest BCUT2D eigenvalue weighted by atomic mass is 9.90. The van der Waals surface area contributed by atoms with Gasteiger partial charge in [0.25, 0.3) is 0 Å². The van der Waals surface area contributed by atoms with E-state index in [1.165, 1.54) is 0 Å². The highest BCUT2D eigenvalue weighted by Crippen LogP contribution is 2.38. The summed E-state index contributed by atoms with van der Waals surface area (Å²) in [6.07, 6.45) is 12.9. The van der Waals surface area contributed by atoms with Crippen molar-refractivity contribution in [3.63, 3.8) is 0 Å². The van der Waals surface area contributed by atoms with Crippen molar-refractivity contribution in [1.82, 2.24) is 0 Å². The van der Waals surface area contributed by atoms with Crippen molar-refractivity contribution < 1.29 is 14.6 Å². The lowest BCUT2D eigenvalue weighted by Crippen LogP contribution is -2.26. The normalized spacial score (nSPS) is 25.6. The summed E-state index contributed by atoms with van der Waals surface area (Å²) < 4.78 is 11.1. The first-order valence-electron chi connectivity index (χ1n) is 7.82. The van der Waals surface area contributed by atoms with Crippen LogP contribution in [0.25, 0.3) is 0 Å². The second-order valence-electron chi connectivity index (χ2n) is 5.25. The van der Waals surface area contributed by atoms with Crippen molar-refractivity contribution in [1.29, 1.82) is 0 Å². The van der Waals surface area contributed by atoms with Gasteiger partial charge in [0.15, 0.2) is 6.29 Å². The van der Waals surface area contributed by atoms with E-state index in [0.29, 0.717) is 13.2 Å². The van der Waals surface area contributed by atoms with E-state index >= 15 is 0 Å². The van der Waals surface area contributed by atoms with Crippen LogP contribution in [0.3, 0.4) is 0 Å². The van der Waals surface area contributed by atoms with E-state index in [0.717, 1.165) is 43.3 Å². The van der Waals surface area contributed by atoms with Crippen LogP contribution < -0.4 is 0 Å². The number of allylic oxidation sites excluding steroid dienone is 2. The third kappa shape index (κ3) is 3.40. The molecular formula is C17H26O3. The second-order valence-corrected chi connectivity index (χ2v) is 5.25. The SMILES string of the molecule is CC.OC1(C2=CC(C3OCCO3)=CCC=C2)CCCC1. The molecule has 0 spiro atoms. The lowest BCUT2D eigenvalue weighted by molar-refractivity contribution is -0.00876. The predicted octanol–water partition coefficient (Wildman–Crippen LogP) is 3.50. The van der Waals surface area contributed by atoms with Crippen LogP contribution in [0.4, 0.5) is 0 Å². The number of ether oxygens (including phenoxy) is 2. The van der Waals surface area contributed by atoms with Gasteiger partial charge in [-0.15, -0.1) is 0 Å². The second kappa shape index (κ2) is 7.21. The van der Waals surface area contributed by atoms with Crippen LogP contribution in [0.5, 0.6) is 0 Å². The zero-order valence-corrected chi connectivity index (χ0v) is 12.6. The Hall–Kier alpha value is -0.900. The summed E-state index contributed by atoms with van der Waals surface area (Å²) >= 11 is 0. The largest absolute Gasteiger partial charge is 0.385 e. The molecule has 3 rings (SSSR count). The first-order valence-corrected chi connectivity index (χ1v) is 7.82. The molecule has 1 aliphatic heterocycles. The highest BCUT2D eigenvalue weighted by molar-refractivity contribution is 5.40. The predicted molar refractivity (Wildman–Crippen MR) is 80.4 cm³/mol. The third-order valence-corrected chi connectivity index (χ3v) is 3.97. The zero-order chi connectivity index (χ0) is 14.4. The Kier molecular flexibility index (Phi) is 5.58. The number of hydrogen-bond acceptors (Lipinski definition) is 3. The Balaban J connectivity index is 0.000000704. The molecule has 112 valence electrons. The summed E-state index contributed by atoms with van der Waals surface area (Å²) in [4.78, 5) is 0. The Morgan fingerprint density at radius 2 is 1.80 bits per heavy atom. The zero-order valence-electron chi connectivity index (χ0n) is 12.6. The maximum Gasteiger partial charge on any atom is 0.183 e. The Morgan fingerprint density at radius 3 is 2.45 bits per heavy atom. The Morgan fingerprint density at radius 1 is 1.15 bits per heavy atom.